The first kappa shape index (κ1) is 20.5. The summed E-state index contributed by atoms with van der Waals surface area (Å²) in [5.41, 5.74) is 0.705. The highest BCUT2D eigenvalue weighted by atomic mass is 35.5. The zero-order chi connectivity index (χ0) is 21.2. The summed E-state index contributed by atoms with van der Waals surface area (Å²) in [5.74, 6) is -3.55. The zero-order valence-electron chi connectivity index (χ0n) is 14.9. The highest BCUT2D eigenvalue weighted by Crippen LogP contribution is 2.30. The van der Waals surface area contributed by atoms with Gasteiger partial charge >= 0.3 is 6.18 Å². The van der Waals surface area contributed by atoms with Gasteiger partial charge in [-0.15, -0.1) is 0 Å². The number of rotatable bonds is 4. The normalized spacial score (nSPS) is 17.3. The number of anilines is 1. The van der Waals surface area contributed by atoms with Gasteiger partial charge in [0.2, 0.25) is 0 Å². The number of alkyl halides is 3. The minimum absolute atomic E-state index is 0.0636. The van der Waals surface area contributed by atoms with Crippen LogP contribution in [0.25, 0.3) is 0 Å². The molecule has 1 unspecified atom stereocenters. The first-order chi connectivity index (χ1) is 13.7. The fourth-order valence-electron chi connectivity index (χ4n) is 2.70. The van der Waals surface area contributed by atoms with Crippen LogP contribution < -0.4 is 10.4 Å². The number of para-hydroxylation sites is 1. The summed E-state index contributed by atoms with van der Waals surface area (Å²) < 4.78 is 40.9. The van der Waals surface area contributed by atoms with Gasteiger partial charge in [-0.2, -0.15) is 28.4 Å². The molecule has 0 saturated heterocycles. The number of hydrogen-bond acceptors (Lipinski definition) is 4. The van der Waals surface area contributed by atoms with Gasteiger partial charge in [0.25, 0.3) is 11.8 Å². The Hall–Kier alpha value is -3.20. The lowest BCUT2D eigenvalue weighted by molar-refractivity contribution is -0.119. The number of nitrogens with one attached hydrogen (secondary N) is 1. The van der Waals surface area contributed by atoms with Crippen LogP contribution in [-0.4, -0.2) is 29.4 Å². The van der Waals surface area contributed by atoms with E-state index in [-0.39, 0.29) is 11.3 Å². The SMILES string of the molecule is CC1=NN(c2ccccc2)C(=O)C1/C(=N\NC(=O)c1ccc(Cl)cc1)C(F)(F)F. The number of benzene rings is 2. The van der Waals surface area contributed by atoms with Crippen LogP contribution in [0.3, 0.4) is 0 Å². The summed E-state index contributed by atoms with van der Waals surface area (Å²) in [6.45, 7) is 1.30. The molecule has 0 bridgehead atoms. The van der Waals surface area contributed by atoms with Crippen LogP contribution in [-0.2, 0) is 4.79 Å². The van der Waals surface area contributed by atoms with Crippen LogP contribution in [0.2, 0.25) is 5.02 Å². The molecule has 0 aromatic heterocycles. The van der Waals surface area contributed by atoms with E-state index in [1.165, 1.54) is 31.2 Å². The molecule has 1 aliphatic rings. The molecule has 6 nitrogen and oxygen atoms in total. The number of carbonyl (C=O) groups excluding carboxylic acids is 2. The number of hydrazone groups is 2. The lowest BCUT2D eigenvalue weighted by atomic mass is 9.97. The summed E-state index contributed by atoms with van der Waals surface area (Å²) >= 11 is 5.72. The number of halogens is 4. The summed E-state index contributed by atoms with van der Waals surface area (Å²) in [5, 5.41) is 8.44. The lowest BCUT2D eigenvalue weighted by Crippen LogP contribution is -2.41. The molecule has 1 atom stereocenters. The smallest absolute Gasteiger partial charge is 0.271 e. The third kappa shape index (κ3) is 4.45. The topological polar surface area (TPSA) is 74.1 Å². The quantitative estimate of drug-likeness (QED) is 0.596. The van der Waals surface area contributed by atoms with Crippen molar-refractivity contribution in [1.29, 1.82) is 0 Å². The lowest BCUT2D eigenvalue weighted by Gasteiger charge is -2.17. The highest BCUT2D eigenvalue weighted by Gasteiger charge is 2.49. The maximum atomic E-state index is 13.6. The number of amides is 2. The van der Waals surface area contributed by atoms with Gasteiger partial charge in [-0.3, -0.25) is 9.59 Å². The summed E-state index contributed by atoms with van der Waals surface area (Å²) in [7, 11) is 0. The van der Waals surface area contributed by atoms with E-state index in [2.05, 4.69) is 10.2 Å². The van der Waals surface area contributed by atoms with Crippen LogP contribution in [0.1, 0.15) is 17.3 Å². The zero-order valence-corrected chi connectivity index (χ0v) is 15.7. The van der Waals surface area contributed by atoms with Gasteiger partial charge in [0.15, 0.2) is 5.71 Å². The Morgan fingerprint density at radius 3 is 2.34 bits per heavy atom. The molecule has 10 heteroatoms. The van der Waals surface area contributed by atoms with E-state index in [4.69, 9.17) is 11.6 Å². The minimum atomic E-state index is -4.96. The Morgan fingerprint density at radius 1 is 1.14 bits per heavy atom. The monoisotopic (exact) mass is 422 g/mol. The Balaban J connectivity index is 1.88. The van der Waals surface area contributed by atoms with Crippen molar-refractivity contribution in [3.63, 3.8) is 0 Å². The second-order valence-electron chi connectivity index (χ2n) is 6.10. The molecule has 1 N–H and O–H groups in total. The second-order valence-corrected chi connectivity index (χ2v) is 6.54. The fourth-order valence-corrected chi connectivity index (χ4v) is 2.83. The van der Waals surface area contributed by atoms with E-state index in [1.54, 1.807) is 30.3 Å². The molecule has 2 aromatic rings. The molecule has 2 aromatic carbocycles. The van der Waals surface area contributed by atoms with Gasteiger partial charge in [-0.05, 0) is 43.3 Å². The van der Waals surface area contributed by atoms with Gasteiger partial charge in [0.05, 0.1) is 11.4 Å². The Labute approximate surface area is 168 Å². The average molecular weight is 423 g/mol. The molecule has 29 heavy (non-hydrogen) atoms. The molecule has 0 spiro atoms. The van der Waals surface area contributed by atoms with Crippen molar-refractivity contribution in [2.75, 3.05) is 5.01 Å². The third-order valence-electron chi connectivity index (χ3n) is 4.08. The molecule has 0 radical (unpaired) electrons. The van der Waals surface area contributed by atoms with Crippen molar-refractivity contribution in [3.05, 3.63) is 65.2 Å². The maximum absolute atomic E-state index is 13.6. The molecule has 1 heterocycles. The summed E-state index contributed by atoms with van der Waals surface area (Å²) in [4.78, 5) is 24.8. The Morgan fingerprint density at radius 2 is 1.76 bits per heavy atom. The average Bonchev–Trinajstić information content (AvgIpc) is 2.97. The van der Waals surface area contributed by atoms with Crippen molar-refractivity contribution in [1.82, 2.24) is 5.43 Å². The van der Waals surface area contributed by atoms with Crippen LogP contribution in [0.15, 0.2) is 64.8 Å². The predicted molar refractivity (Wildman–Crippen MR) is 103 cm³/mol. The van der Waals surface area contributed by atoms with E-state index >= 15 is 0 Å². The van der Waals surface area contributed by atoms with Crippen molar-refractivity contribution in [2.24, 2.45) is 16.1 Å². The largest absolute Gasteiger partial charge is 0.432 e. The molecular formula is C19H14ClF3N4O2. The standard InChI is InChI=1S/C19H14ClF3N4O2/c1-11-15(18(29)27(26-11)14-5-3-2-4-6-14)16(19(21,22)23)24-25-17(28)12-7-9-13(20)10-8-12/h2-10,15H,1H3,(H,25,28)/b24-16+. The van der Waals surface area contributed by atoms with Crippen molar-refractivity contribution in [3.8, 4) is 0 Å². The predicted octanol–water partition coefficient (Wildman–Crippen LogP) is 4.03. The fraction of sp³-hybridized carbons (Fsp3) is 0.158. The van der Waals surface area contributed by atoms with Gasteiger partial charge in [0, 0.05) is 10.6 Å². The van der Waals surface area contributed by atoms with Crippen molar-refractivity contribution < 1.29 is 22.8 Å². The first-order valence-corrected chi connectivity index (χ1v) is 8.71. The highest BCUT2D eigenvalue weighted by molar-refractivity contribution is 6.30. The van der Waals surface area contributed by atoms with Gasteiger partial charge in [-0.1, -0.05) is 29.8 Å². The number of nitrogens with zero attached hydrogens (tertiary/aromatic N) is 3. The van der Waals surface area contributed by atoms with Crippen LogP contribution in [0.4, 0.5) is 18.9 Å². The number of hydrogen-bond donors (Lipinski definition) is 1. The van der Waals surface area contributed by atoms with Gasteiger partial charge < -0.3 is 0 Å². The van der Waals surface area contributed by atoms with E-state index in [0.29, 0.717) is 10.7 Å². The molecule has 0 saturated carbocycles. The van der Waals surface area contributed by atoms with Gasteiger partial charge in [0.1, 0.15) is 5.92 Å². The maximum Gasteiger partial charge on any atom is 0.432 e. The van der Waals surface area contributed by atoms with Crippen LogP contribution >= 0.6 is 11.6 Å². The summed E-state index contributed by atoms with van der Waals surface area (Å²) in [6, 6.07) is 13.6. The molecule has 150 valence electrons. The van der Waals surface area contributed by atoms with E-state index < -0.39 is 29.6 Å². The number of carbonyl (C=O) groups is 2. The van der Waals surface area contributed by atoms with E-state index in [0.717, 1.165) is 5.01 Å². The van der Waals surface area contributed by atoms with Crippen LogP contribution in [0, 0.1) is 5.92 Å². The van der Waals surface area contributed by atoms with Crippen molar-refractivity contribution >= 4 is 40.5 Å². The summed E-state index contributed by atoms with van der Waals surface area (Å²) in [6.07, 6.45) is -4.96. The first-order valence-electron chi connectivity index (χ1n) is 8.33. The van der Waals surface area contributed by atoms with Gasteiger partial charge in [-0.25, -0.2) is 5.43 Å². The molecule has 2 amide bonds. The molecule has 1 aliphatic heterocycles. The van der Waals surface area contributed by atoms with Crippen molar-refractivity contribution in [2.45, 2.75) is 13.1 Å². The Kier molecular flexibility index (Phi) is 5.69. The Bertz CT molecular complexity index is 989. The third-order valence-corrected chi connectivity index (χ3v) is 4.33. The molecule has 3 rings (SSSR count). The van der Waals surface area contributed by atoms with Crippen LogP contribution in [0.5, 0.6) is 0 Å². The molecule has 0 aliphatic carbocycles. The van der Waals surface area contributed by atoms with E-state index in [1.807, 2.05) is 5.43 Å². The molecule has 0 fully saturated rings. The molecular weight excluding hydrogens is 409 g/mol. The second kappa shape index (κ2) is 8.04. The van der Waals surface area contributed by atoms with E-state index in [9.17, 15) is 22.8 Å². The minimum Gasteiger partial charge on any atom is -0.271 e.